The zero-order chi connectivity index (χ0) is 22.2. The van der Waals surface area contributed by atoms with Crippen molar-refractivity contribution in [3.63, 3.8) is 0 Å². The summed E-state index contributed by atoms with van der Waals surface area (Å²) in [6.07, 6.45) is 1.64. The van der Waals surface area contributed by atoms with Crippen molar-refractivity contribution in [2.45, 2.75) is 13.8 Å². The lowest BCUT2D eigenvalue weighted by Gasteiger charge is -2.09. The number of carbonyl (C=O) groups excluding carboxylic acids is 1. The zero-order valence-corrected chi connectivity index (χ0v) is 18.4. The second-order valence-corrected chi connectivity index (χ2v) is 8.08. The minimum absolute atomic E-state index is 0.222. The van der Waals surface area contributed by atoms with Gasteiger partial charge in [0.15, 0.2) is 5.76 Å². The van der Waals surface area contributed by atoms with Crippen LogP contribution in [0.2, 0.25) is 5.02 Å². The van der Waals surface area contributed by atoms with Gasteiger partial charge < -0.3 is 8.98 Å². The SMILES string of the molecule is Cc1cc(/C=N/NC(=O)c2cc3c(ccc4ccccc43)o2)c(C)n1-c1ccc(Cl)cc1. The van der Waals surface area contributed by atoms with Crippen LogP contribution in [0.4, 0.5) is 0 Å². The first-order valence-electron chi connectivity index (χ1n) is 10.2. The van der Waals surface area contributed by atoms with E-state index in [2.05, 4.69) is 15.1 Å². The monoisotopic (exact) mass is 441 g/mol. The molecule has 3 aromatic carbocycles. The van der Waals surface area contributed by atoms with Gasteiger partial charge in [0, 0.05) is 33.0 Å². The predicted octanol–water partition coefficient (Wildman–Crippen LogP) is 6.41. The average Bonchev–Trinajstić information content (AvgIpc) is 3.36. The van der Waals surface area contributed by atoms with Crippen molar-refractivity contribution in [1.29, 1.82) is 0 Å². The van der Waals surface area contributed by atoms with Gasteiger partial charge in [0.25, 0.3) is 0 Å². The third kappa shape index (κ3) is 3.57. The number of carbonyl (C=O) groups is 1. The van der Waals surface area contributed by atoms with E-state index in [9.17, 15) is 4.79 Å². The first kappa shape index (κ1) is 20.1. The van der Waals surface area contributed by atoms with Crippen molar-refractivity contribution in [3.05, 3.63) is 101 Å². The van der Waals surface area contributed by atoms with Crippen molar-refractivity contribution in [3.8, 4) is 5.69 Å². The molecule has 0 atom stereocenters. The van der Waals surface area contributed by atoms with E-state index in [4.69, 9.17) is 16.0 Å². The third-order valence-corrected chi connectivity index (χ3v) is 5.83. The minimum Gasteiger partial charge on any atom is -0.451 e. The van der Waals surface area contributed by atoms with Crippen molar-refractivity contribution in [2.24, 2.45) is 5.10 Å². The summed E-state index contributed by atoms with van der Waals surface area (Å²) < 4.78 is 7.87. The fourth-order valence-electron chi connectivity index (χ4n) is 4.03. The second kappa shape index (κ2) is 8.02. The first-order chi connectivity index (χ1) is 15.5. The molecular formula is C26H20ClN3O2. The van der Waals surface area contributed by atoms with Crippen LogP contribution in [0.25, 0.3) is 27.4 Å². The Labute approximate surface area is 189 Å². The number of fused-ring (bicyclic) bond motifs is 3. The number of nitrogens with zero attached hydrogens (tertiary/aromatic N) is 2. The van der Waals surface area contributed by atoms with E-state index < -0.39 is 5.91 Å². The van der Waals surface area contributed by atoms with Gasteiger partial charge in [0.05, 0.1) is 6.21 Å². The molecular weight excluding hydrogens is 422 g/mol. The molecule has 0 fully saturated rings. The number of hydrazone groups is 1. The average molecular weight is 442 g/mol. The molecule has 5 aromatic rings. The summed E-state index contributed by atoms with van der Waals surface area (Å²) in [7, 11) is 0. The van der Waals surface area contributed by atoms with E-state index in [-0.39, 0.29) is 5.76 Å². The molecule has 0 spiro atoms. The minimum atomic E-state index is -0.395. The molecule has 0 aliphatic heterocycles. The molecule has 0 saturated heterocycles. The summed E-state index contributed by atoms with van der Waals surface area (Å²) in [5.74, 6) is -0.173. The summed E-state index contributed by atoms with van der Waals surface area (Å²) in [6.45, 7) is 4.03. The van der Waals surface area contributed by atoms with Crippen LogP contribution in [0.1, 0.15) is 27.5 Å². The van der Waals surface area contributed by atoms with Gasteiger partial charge in [-0.2, -0.15) is 5.10 Å². The van der Waals surface area contributed by atoms with Gasteiger partial charge in [-0.25, -0.2) is 5.43 Å². The van der Waals surface area contributed by atoms with Gasteiger partial charge in [-0.1, -0.05) is 41.9 Å². The van der Waals surface area contributed by atoms with E-state index in [1.807, 2.05) is 80.6 Å². The molecule has 0 bridgehead atoms. The van der Waals surface area contributed by atoms with Crippen LogP contribution in [0.3, 0.4) is 0 Å². The normalized spacial score (nSPS) is 11.6. The Morgan fingerprint density at radius 2 is 1.78 bits per heavy atom. The largest absolute Gasteiger partial charge is 0.451 e. The summed E-state index contributed by atoms with van der Waals surface area (Å²) in [4.78, 5) is 12.6. The highest BCUT2D eigenvalue weighted by atomic mass is 35.5. The number of halogens is 1. The van der Waals surface area contributed by atoms with Crippen LogP contribution in [0.5, 0.6) is 0 Å². The number of hydrogen-bond donors (Lipinski definition) is 1. The van der Waals surface area contributed by atoms with Crippen molar-refractivity contribution < 1.29 is 9.21 Å². The maximum Gasteiger partial charge on any atom is 0.307 e. The van der Waals surface area contributed by atoms with Gasteiger partial charge in [0.1, 0.15) is 5.58 Å². The highest BCUT2D eigenvalue weighted by Crippen LogP contribution is 2.28. The van der Waals surface area contributed by atoms with Gasteiger partial charge in [0.2, 0.25) is 0 Å². The molecule has 0 aliphatic rings. The summed E-state index contributed by atoms with van der Waals surface area (Å²) in [6, 6.07) is 23.3. The fourth-order valence-corrected chi connectivity index (χ4v) is 4.15. The molecule has 32 heavy (non-hydrogen) atoms. The Kier molecular flexibility index (Phi) is 5.04. The number of hydrogen-bond acceptors (Lipinski definition) is 3. The van der Waals surface area contributed by atoms with Crippen LogP contribution in [-0.4, -0.2) is 16.7 Å². The Bertz CT molecular complexity index is 1490. The molecule has 2 aromatic heterocycles. The smallest absolute Gasteiger partial charge is 0.307 e. The molecule has 1 N–H and O–H groups in total. The molecule has 0 unspecified atom stereocenters. The van der Waals surface area contributed by atoms with Crippen LogP contribution in [0.15, 0.2) is 82.3 Å². The Hall–Kier alpha value is -3.83. The third-order valence-electron chi connectivity index (χ3n) is 5.57. The van der Waals surface area contributed by atoms with E-state index >= 15 is 0 Å². The zero-order valence-electron chi connectivity index (χ0n) is 17.6. The van der Waals surface area contributed by atoms with Gasteiger partial charge in [-0.15, -0.1) is 0 Å². The number of amides is 1. The lowest BCUT2D eigenvalue weighted by atomic mass is 10.1. The molecule has 5 nitrogen and oxygen atoms in total. The molecule has 2 heterocycles. The quantitative estimate of drug-likeness (QED) is 0.259. The summed E-state index contributed by atoms with van der Waals surface area (Å²) in [5.41, 5.74) is 7.24. The van der Waals surface area contributed by atoms with Crippen LogP contribution >= 0.6 is 11.6 Å². The topological polar surface area (TPSA) is 59.5 Å². The molecule has 158 valence electrons. The molecule has 1 amide bonds. The number of nitrogens with one attached hydrogen (secondary N) is 1. The number of benzene rings is 3. The molecule has 0 radical (unpaired) electrons. The standard InChI is InChI=1S/C26H20ClN3O2/c1-16-13-19(17(2)30(16)21-10-8-20(27)9-11-21)15-28-29-26(31)25-14-23-22-6-4-3-5-18(22)7-12-24(23)32-25/h3-15H,1-2H3,(H,29,31)/b28-15+. The van der Waals surface area contributed by atoms with E-state index in [0.29, 0.717) is 10.6 Å². The van der Waals surface area contributed by atoms with E-state index in [0.717, 1.165) is 38.8 Å². The molecule has 0 saturated carbocycles. The maximum absolute atomic E-state index is 12.6. The van der Waals surface area contributed by atoms with Gasteiger partial charge >= 0.3 is 5.91 Å². The Balaban J connectivity index is 1.37. The number of rotatable bonds is 4. The van der Waals surface area contributed by atoms with Crippen molar-refractivity contribution in [1.82, 2.24) is 9.99 Å². The van der Waals surface area contributed by atoms with Crippen molar-refractivity contribution in [2.75, 3.05) is 0 Å². The molecule has 0 aliphatic carbocycles. The summed E-state index contributed by atoms with van der Waals surface area (Å²) in [5, 5.41) is 7.90. The second-order valence-electron chi connectivity index (χ2n) is 7.65. The number of aryl methyl sites for hydroxylation is 1. The van der Waals surface area contributed by atoms with Gasteiger partial charge in [-0.3, -0.25) is 4.79 Å². The molecule has 5 rings (SSSR count). The summed E-state index contributed by atoms with van der Waals surface area (Å²) >= 11 is 6.01. The highest BCUT2D eigenvalue weighted by Gasteiger charge is 2.14. The lowest BCUT2D eigenvalue weighted by molar-refractivity contribution is 0.0929. The maximum atomic E-state index is 12.6. The fraction of sp³-hybridized carbons (Fsp3) is 0.0769. The van der Waals surface area contributed by atoms with Gasteiger partial charge in [-0.05, 0) is 67.1 Å². The first-order valence-corrected chi connectivity index (χ1v) is 10.6. The van der Waals surface area contributed by atoms with Crippen LogP contribution < -0.4 is 5.43 Å². The predicted molar refractivity (Wildman–Crippen MR) is 129 cm³/mol. The van der Waals surface area contributed by atoms with Crippen LogP contribution in [0, 0.1) is 13.8 Å². The lowest BCUT2D eigenvalue weighted by Crippen LogP contribution is -2.16. The number of aromatic nitrogens is 1. The molecule has 6 heteroatoms. The highest BCUT2D eigenvalue weighted by molar-refractivity contribution is 6.30. The van der Waals surface area contributed by atoms with E-state index in [1.165, 1.54) is 0 Å². The number of furan rings is 1. The van der Waals surface area contributed by atoms with Crippen molar-refractivity contribution >= 4 is 45.5 Å². The Morgan fingerprint density at radius 3 is 2.59 bits per heavy atom. The van der Waals surface area contributed by atoms with E-state index in [1.54, 1.807) is 12.3 Å². The Morgan fingerprint density at radius 1 is 1.00 bits per heavy atom. The van der Waals surface area contributed by atoms with Crippen LogP contribution in [-0.2, 0) is 0 Å².